The summed E-state index contributed by atoms with van der Waals surface area (Å²) >= 11 is 13.4. The predicted octanol–water partition coefficient (Wildman–Crippen LogP) is 5.89. The van der Waals surface area contributed by atoms with Crippen LogP contribution >= 0.6 is 35.0 Å². The Bertz CT molecular complexity index is 1020. The Morgan fingerprint density at radius 1 is 1.00 bits per heavy atom. The van der Waals surface area contributed by atoms with Gasteiger partial charge in [-0.2, -0.15) is 0 Å². The highest BCUT2D eigenvalue weighted by Gasteiger charge is 2.32. The lowest BCUT2D eigenvalue weighted by molar-refractivity contribution is -0.135. The third-order valence-corrected chi connectivity index (χ3v) is 8.74. The number of hydrogen-bond donors (Lipinski definition) is 1. The Morgan fingerprint density at radius 2 is 1.63 bits per heavy atom. The lowest BCUT2D eigenvalue weighted by atomic mass is 9.88. The molecule has 7 nitrogen and oxygen atoms in total. The quantitative estimate of drug-likeness (QED) is 0.424. The number of carbonyl (C=O) groups is 2. The molecule has 0 radical (unpaired) electrons. The second-order valence-corrected chi connectivity index (χ2v) is 11.2. The van der Waals surface area contributed by atoms with E-state index in [0.29, 0.717) is 44.6 Å². The van der Waals surface area contributed by atoms with E-state index in [2.05, 4.69) is 20.4 Å². The minimum atomic E-state index is -0.229. The molecule has 35 heavy (non-hydrogen) atoms. The maximum Gasteiger partial charge on any atom is 0.233 e. The van der Waals surface area contributed by atoms with Crippen LogP contribution in [0.4, 0.5) is 5.69 Å². The Hall–Kier alpha value is -1.77. The van der Waals surface area contributed by atoms with Crippen LogP contribution in [0.15, 0.2) is 23.4 Å². The van der Waals surface area contributed by atoms with Gasteiger partial charge in [0.1, 0.15) is 5.82 Å². The van der Waals surface area contributed by atoms with Gasteiger partial charge in [-0.3, -0.25) is 9.59 Å². The van der Waals surface area contributed by atoms with E-state index in [4.69, 9.17) is 23.2 Å². The fourth-order valence-corrected chi connectivity index (χ4v) is 6.27. The molecule has 2 saturated carbocycles. The van der Waals surface area contributed by atoms with Gasteiger partial charge in [-0.25, -0.2) is 0 Å². The maximum atomic E-state index is 13.4. The molecule has 0 aliphatic heterocycles. The molecule has 0 bridgehead atoms. The number of anilines is 1. The van der Waals surface area contributed by atoms with E-state index >= 15 is 0 Å². The van der Waals surface area contributed by atoms with Gasteiger partial charge in [-0.1, -0.05) is 73.5 Å². The molecular weight excluding hydrogens is 505 g/mol. The van der Waals surface area contributed by atoms with Crippen LogP contribution in [0.2, 0.25) is 10.0 Å². The molecule has 0 unspecified atom stereocenters. The standard InChI is InChI=1S/C25H33Cl2N5O2S/c1-31-22(15-23(33)28-17-12-13-20(26)21(27)14-17)29-30-25(31)35-16-24(34)32(18-8-4-2-5-9-18)19-10-6-3-7-11-19/h12-14,18-19H,2-11,15-16H2,1H3,(H,28,33). The van der Waals surface area contributed by atoms with E-state index in [-0.39, 0.29) is 18.2 Å². The van der Waals surface area contributed by atoms with Crippen LogP contribution in [-0.4, -0.2) is 49.3 Å². The van der Waals surface area contributed by atoms with E-state index in [1.54, 1.807) is 22.8 Å². The van der Waals surface area contributed by atoms with Gasteiger partial charge in [0.2, 0.25) is 11.8 Å². The molecule has 0 spiro atoms. The van der Waals surface area contributed by atoms with Crippen LogP contribution in [0, 0.1) is 0 Å². The monoisotopic (exact) mass is 537 g/mol. The third-order valence-electron chi connectivity index (χ3n) is 7.00. The summed E-state index contributed by atoms with van der Waals surface area (Å²) in [5, 5.41) is 12.7. The molecule has 1 aromatic carbocycles. The molecule has 190 valence electrons. The maximum absolute atomic E-state index is 13.4. The van der Waals surface area contributed by atoms with Gasteiger partial charge in [-0.05, 0) is 43.9 Å². The van der Waals surface area contributed by atoms with Crippen molar-refractivity contribution in [2.75, 3.05) is 11.1 Å². The van der Waals surface area contributed by atoms with E-state index in [0.717, 1.165) is 25.7 Å². The van der Waals surface area contributed by atoms with Crippen LogP contribution in [0.5, 0.6) is 0 Å². The van der Waals surface area contributed by atoms with E-state index in [9.17, 15) is 9.59 Å². The molecular formula is C25H33Cl2N5O2S. The fraction of sp³-hybridized carbons (Fsp3) is 0.600. The number of thioether (sulfide) groups is 1. The highest BCUT2D eigenvalue weighted by molar-refractivity contribution is 7.99. The molecule has 10 heteroatoms. The van der Waals surface area contributed by atoms with Crippen LogP contribution in [-0.2, 0) is 23.1 Å². The summed E-state index contributed by atoms with van der Waals surface area (Å²) < 4.78 is 1.79. The van der Waals surface area contributed by atoms with Crippen molar-refractivity contribution >= 4 is 52.5 Å². The van der Waals surface area contributed by atoms with Gasteiger partial charge in [0.25, 0.3) is 0 Å². The molecule has 2 aromatic rings. The second-order valence-electron chi connectivity index (χ2n) is 9.49. The van der Waals surface area contributed by atoms with Gasteiger partial charge in [0.15, 0.2) is 5.16 Å². The zero-order valence-electron chi connectivity index (χ0n) is 20.1. The molecule has 1 aromatic heterocycles. The predicted molar refractivity (Wildman–Crippen MR) is 141 cm³/mol. The van der Waals surface area contributed by atoms with Crippen molar-refractivity contribution in [3.63, 3.8) is 0 Å². The van der Waals surface area contributed by atoms with Crippen LogP contribution in [0.25, 0.3) is 0 Å². The Kier molecular flexibility index (Phi) is 9.36. The van der Waals surface area contributed by atoms with Crippen molar-refractivity contribution in [1.82, 2.24) is 19.7 Å². The number of nitrogens with zero attached hydrogens (tertiary/aromatic N) is 4. The zero-order valence-corrected chi connectivity index (χ0v) is 22.5. The lowest BCUT2D eigenvalue weighted by Gasteiger charge is -2.41. The summed E-state index contributed by atoms with van der Waals surface area (Å²) in [6.45, 7) is 0. The number of amides is 2. The number of hydrogen-bond acceptors (Lipinski definition) is 5. The van der Waals surface area contributed by atoms with E-state index in [1.807, 2.05) is 7.05 Å². The zero-order chi connectivity index (χ0) is 24.8. The molecule has 2 fully saturated rings. The molecule has 0 saturated heterocycles. The summed E-state index contributed by atoms with van der Waals surface area (Å²) in [7, 11) is 1.83. The van der Waals surface area contributed by atoms with Gasteiger partial charge in [0.05, 0.1) is 22.2 Å². The van der Waals surface area contributed by atoms with Crippen molar-refractivity contribution in [3.05, 3.63) is 34.1 Å². The molecule has 1 heterocycles. The number of carbonyl (C=O) groups excluding carboxylic acids is 2. The highest BCUT2D eigenvalue weighted by atomic mass is 35.5. The molecule has 2 aliphatic carbocycles. The normalized spacial score (nSPS) is 17.3. The number of halogens is 2. The second kappa shape index (κ2) is 12.5. The number of benzene rings is 1. The average Bonchev–Trinajstić information content (AvgIpc) is 3.20. The Morgan fingerprint density at radius 3 is 2.23 bits per heavy atom. The van der Waals surface area contributed by atoms with Crippen molar-refractivity contribution in [2.45, 2.75) is 87.9 Å². The highest BCUT2D eigenvalue weighted by Crippen LogP contribution is 2.31. The van der Waals surface area contributed by atoms with Crippen LogP contribution in [0.3, 0.4) is 0 Å². The number of rotatable bonds is 8. The lowest BCUT2D eigenvalue weighted by Crippen LogP contribution is -2.49. The summed E-state index contributed by atoms with van der Waals surface area (Å²) in [6, 6.07) is 5.69. The number of nitrogens with one attached hydrogen (secondary N) is 1. The summed E-state index contributed by atoms with van der Waals surface area (Å²) in [4.78, 5) is 28.2. The molecule has 2 aliphatic rings. The van der Waals surface area contributed by atoms with Crippen molar-refractivity contribution in [2.24, 2.45) is 7.05 Å². The van der Waals surface area contributed by atoms with Crippen molar-refractivity contribution in [1.29, 1.82) is 0 Å². The van der Waals surface area contributed by atoms with Crippen LogP contribution < -0.4 is 5.32 Å². The van der Waals surface area contributed by atoms with Crippen LogP contribution in [0.1, 0.15) is 70.0 Å². The summed E-state index contributed by atoms with van der Waals surface area (Å²) in [6.07, 6.45) is 12.0. The molecule has 2 amide bonds. The van der Waals surface area contributed by atoms with Gasteiger partial charge in [0, 0.05) is 24.8 Å². The Labute approximate surface area is 221 Å². The minimum Gasteiger partial charge on any atom is -0.336 e. The van der Waals surface area contributed by atoms with Gasteiger partial charge in [-0.15, -0.1) is 10.2 Å². The molecule has 4 rings (SSSR count). The average molecular weight is 539 g/mol. The third kappa shape index (κ3) is 6.92. The fourth-order valence-electron chi connectivity index (χ4n) is 5.17. The smallest absolute Gasteiger partial charge is 0.233 e. The van der Waals surface area contributed by atoms with Gasteiger partial charge >= 0.3 is 0 Å². The first-order valence-corrected chi connectivity index (χ1v) is 14.2. The summed E-state index contributed by atoms with van der Waals surface area (Å²) in [5.74, 6) is 0.853. The molecule has 1 N–H and O–H groups in total. The molecule has 0 atom stereocenters. The topological polar surface area (TPSA) is 80.1 Å². The van der Waals surface area contributed by atoms with E-state index in [1.165, 1.54) is 50.3 Å². The summed E-state index contributed by atoms with van der Waals surface area (Å²) in [5.41, 5.74) is 0.567. The van der Waals surface area contributed by atoms with E-state index < -0.39 is 0 Å². The first-order chi connectivity index (χ1) is 16.9. The SMILES string of the molecule is Cn1c(CC(=O)Nc2ccc(Cl)c(Cl)c2)nnc1SCC(=O)N(C1CCCCC1)C1CCCCC1. The Balaban J connectivity index is 1.35. The number of aromatic nitrogens is 3. The van der Waals surface area contributed by atoms with Crippen molar-refractivity contribution in [3.8, 4) is 0 Å². The minimum absolute atomic E-state index is 0.0640. The first-order valence-electron chi connectivity index (χ1n) is 12.5. The van der Waals surface area contributed by atoms with Crippen molar-refractivity contribution < 1.29 is 9.59 Å². The largest absolute Gasteiger partial charge is 0.336 e. The van der Waals surface area contributed by atoms with Gasteiger partial charge < -0.3 is 14.8 Å². The first kappa shape index (κ1) is 26.3.